The zero-order valence-corrected chi connectivity index (χ0v) is 22.6. The molecule has 0 spiro atoms. The van der Waals surface area contributed by atoms with Crippen LogP contribution in [0.3, 0.4) is 0 Å². The molecule has 10 nitrogen and oxygen atoms in total. The number of phenolic OH excluding ortho intramolecular Hbond substituents is 1. The number of amides is 1. The molecule has 0 bridgehead atoms. The molecule has 0 saturated heterocycles. The fourth-order valence-electron chi connectivity index (χ4n) is 4.94. The van der Waals surface area contributed by atoms with Gasteiger partial charge in [0.05, 0.1) is 4.90 Å². The molecular weight excluding hydrogens is 534 g/mol. The van der Waals surface area contributed by atoms with Gasteiger partial charge in [-0.05, 0) is 46.5 Å². The highest BCUT2D eigenvalue weighted by molar-refractivity contribution is 7.89. The highest BCUT2D eigenvalue weighted by Gasteiger charge is 2.30. The number of pyridine rings is 1. The Balaban J connectivity index is 1.32. The number of hydrogen-bond donors (Lipinski definition) is 3. The van der Waals surface area contributed by atoms with E-state index in [2.05, 4.69) is 10.3 Å². The van der Waals surface area contributed by atoms with Gasteiger partial charge in [0.1, 0.15) is 23.9 Å². The van der Waals surface area contributed by atoms with Gasteiger partial charge in [0.25, 0.3) is 0 Å². The number of alkyl carbamates (subject to hydrolysis) is 1. The van der Waals surface area contributed by atoms with Gasteiger partial charge in [0, 0.05) is 37.5 Å². The summed E-state index contributed by atoms with van der Waals surface area (Å²) in [6.07, 6.45) is -1.11. The van der Waals surface area contributed by atoms with Crippen LogP contribution in [0.1, 0.15) is 22.7 Å². The maximum absolute atomic E-state index is 12.7. The van der Waals surface area contributed by atoms with Gasteiger partial charge in [-0.3, -0.25) is 0 Å². The van der Waals surface area contributed by atoms with E-state index in [0.29, 0.717) is 0 Å². The molecular formula is C29H27N3O7S. The number of nitrogens with zero attached hydrogens (tertiary/aromatic N) is 2. The average molecular weight is 562 g/mol. The van der Waals surface area contributed by atoms with Crippen LogP contribution in [0, 0.1) is 0 Å². The number of ether oxygens (including phenoxy) is 1. The SMILES string of the molecule is CN(C)S(=O)(=O)c1ccc(O)c2nc(C[C@H](NC(=O)OCC3c4ccccc4-c4ccccc43)C(=O)O)ccc12. The molecule has 3 aromatic carbocycles. The van der Waals surface area contributed by atoms with Crippen LogP contribution in [0.15, 0.2) is 77.7 Å². The maximum Gasteiger partial charge on any atom is 0.407 e. The van der Waals surface area contributed by atoms with Crippen molar-refractivity contribution in [2.24, 2.45) is 0 Å². The number of hydrogen-bond acceptors (Lipinski definition) is 7. The Kier molecular flexibility index (Phi) is 7.17. The van der Waals surface area contributed by atoms with Crippen molar-refractivity contribution in [3.05, 3.63) is 89.6 Å². The molecule has 1 amide bonds. The van der Waals surface area contributed by atoms with Crippen molar-refractivity contribution in [3.8, 4) is 16.9 Å². The second kappa shape index (κ2) is 10.6. The van der Waals surface area contributed by atoms with Crippen molar-refractivity contribution in [3.63, 3.8) is 0 Å². The average Bonchev–Trinajstić information content (AvgIpc) is 3.25. The summed E-state index contributed by atoms with van der Waals surface area (Å²) in [6, 6.07) is 19.8. The van der Waals surface area contributed by atoms with Crippen LogP contribution in [-0.2, 0) is 26.0 Å². The topological polar surface area (TPSA) is 146 Å². The first-order valence-corrected chi connectivity index (χ1v) is 13.9. The van der Waals surface area contributed by atoms with Crippen molar-refractivity contribution in [2.45, 2.75) is 23.3 Å². The summed E-state index contributed by atoms with van der Waals surface area (Å²) in [5.41, 5.74) is 4.44. The number of benzene rings is 3. The predicted molar refractivity (Wildman–Crippen MR) is 148 cm³/mol. The quantitative estimate of drug-likeness (QED) is 0.295. The molecule has 3 N–H and O–H groups in total. The maximum atomic E-state index is 12.7. The molecule has 1 atom stereocenters. The number of rotatable bonds is 8. The van der Waals surface area contributed by atoms with Crippen LogP contribution >= 0.6 is 0 Å². The van der Waals surface area contributed by atoms with Gasteiger partial charge in [-0.15, -0.1) is 0 Å². The Morgan fingerprint density at radius 2 is 1.60 bits per heavy atom. The third-order valence-corrected chi connectivity index (χ3v) is 8.83. The minimum Gasteiger partial charge on any atom is -0.506 e. The number of carbonyl (C=O) groups is 2. The fourth-order valence-corrected chi connectivity index (χ4v) is 6.02. The van der Waals surface area contributed by atoms with Gasteiger partial charge < -0.3 is 20.3 Å². The van der Waals surface area contributed by atoms with Crippen molar-refractivity contribution >= 4 is 33.0 Å². The Morgan fingerprint density at radius 1 is 0.975 bits per heavy atom. The molecule has 5 rings (SSSR count). The standard InChI is InChI=1S/C29H27N3O7S/c1-32(2)40(37,38)26-14-13-25(33)27-22(26)12-11-17(30-27)15-24(28(34)35)31-29(36)39-16-23-20-9-5-3-7-18(20)19-8-4-6-10-21(19)23/h3-14,23-24,33H,15-16H2,1-2H3,(H,31,36)(H,34,35)/t24-/m0/s1. The summed E-state index contributed by atoms with van der Waals surface area (Å²) in [7, 11) is -1.04. The Hall–Kier alpha value is -4.48. The second-order valence-electron chi connectivity index (χ2n) is 9.63. The summed E-state index contributed by atoms with van der Waals surface area (Å²) < 4.78 is 31.9. The molecule has 1 aliphatic carbocycles. The van der Waals surface area contributed by atoms with Crippen LogP contribution in [0.4, 0.5) is 4.79 Å². The van der Waals surface area contributed by atoms with E-state index in [-0.39, 0.29) is 46.2 Å². The number of nitrogens with one attached hydrogen (secondary N) is 1. The van der Waals surface area contributed by atoms with Crippen LogP contribution < -0.4 is 5.32 Å². The predicted octanol–water partition coefficient (Wildman–Crippen LogP) is 3.73. The molecule has 1 aliphatic rings. The Morgan fingerprint density at radius 3 is 2.20 bits per heavy atom. The molecule has 0 radical (unpaired) electrons. The molecule has 0 saturated carbocycles. The van der Waals surface area contributed by atoms with Gasteiger partial charge in [-0.25, -0.2) is 27.3 Å². The smallest absolute Gasteiger partial charge is 0.407 e. The third kappa shape index (κ3) is 4.96. The number of carbonyl (C=O) groups excluding carboxylic acids is 1. The van der Waals surface area contributed by atoms with Gasteiger partial charge in [0.15, 0.2) is 0 Å². The van der Waals surface area contributed by atoms with Gasteiger partial charge in [-0.2, -0.15) is 0 Å². The number of aromatic nitrogens is 1. The molecule has 40 heavy (non-hydrogen) atoms. The third-order valence-electron chi connectivity index (χ3n) is 6.96. The van der Waals surface area contributed by atoms with E-state index in [4.69, 9.17) is 4.74 Å². The van der Waals surface area contributed by atoms with Gasteiger partial charge >= 0.3 is 12.1 Å². The van der Waals surface area contributed by atoms with Crippen molar-refractivity contribution in [1.82, 2.24) is 14.6 Å². The summed E-state index contributed by atoms with van der Waals surface area (Å²) in [5.74, 6) is -1.74. The monoisotopic (exact) mass is 561 g/mol. The van der Waals surface area contributed by atoms with Gasteiger partial charge in [-0.1, -0.05) is 48.5 Å². The summed E-state index contributed by atoms with van der Waals surface area (Å²) in [6.45, 7) is 0.0252. The zero-order valence-electron chi connectivity index (χ0n) is 21.7. The highest BCUT2D eigenvalue weighted by Crippen LogP contribution is 2.44. The van der Waals surface area contributed by atoms with E-state index in [1.54, 1.807) is 0 Å². The van der Waals surface area contributed by atoms with E-state index in [1.807, 2.05) is 48.5 Å². The van der Waals surface area contributed by atoms with E-state index >= 15 is 0 Å². The summed E-state index contributed by atoms with van der Waals surface area (Å²) >= 11 is 0. The first kappa shape index (κ1) is 27.1. The number of sulfonamides is 1. The second-order valence-corrected chi connectivity index (χ2v) is 11.8. The van der Waals surface area contributed by atoms with Crippen LogP contribution in [0.25, 0.3) is 22.0 Å². The van der Waals surface area contributed by atoms with Crippen LogP contribution in [0.2, 0.25) is 0 Å². The number of fused-ring (bicyclic) bond motifs is 4. The molecule has 1 aromatic heterocycles. The fraction of sp³-hybridized carbons (Fsp3) is 0.207. The number of aliphatic carboxylic acids is 1. The minimum absolute atomic E-state index is 0.00528. The lowest BCUT2D eigenvalue weighted by molar-refractivity contribution is -0.139. The molecule has 0 aliphatic heterocycles. The Labute approximate surface area is 230 Å². The van der Waals surface area contributed by atoms with Gasteiger partial charge in [0.2, 0.25) is 10.0 Å². The number of carboxylic acids is 1. The van der Waals surface area contributed by atoms with E-state index in [9.17, 15) is 28.2 Å². The molecule has 0 unspecified atom stereocenters. The first-order chi connectivity index (χ1) is 19.1. The number of phenols is 1. The summed E-state index contributed by atoms with van der Waals surface area (Å²) in [5, 5.41) is 22.7. The largest absolute Gasteiger partial charge is 0.506 e. The zero-order chi connectivity index (χ0) is 28.6. The van der Waals surface area contributed by atoms with Crippen molar-refractivity contribution in [2.75, 3.05) is 20.7 Å². The minimum atomic E-state index is -3.82. The molecule has 206 valence electrons. The van der Waals surface area contributed by atoms with E-state index < -0.39 is 28.1 Å². The van der Waals surface area contributed by atoms with Crippen molar-refractivity contribution < 1.29 is 33.0 Å². The van der Waals surface area contributed by atoms with E-state index in [1.165, 1.54) is 38.4 Å². The molecule has 0 fully saturated rings. The number of aromatic hydroxyl groups is 1. The lowest BCUT2D eigenvalue weighted by atomic mass is 9.98. The van der Waals surface area contributed by atoms with Crippen molar-refractivity contribution in [1.29, 1.82) is 0 Å². The molecule has 4 aromatic rings. The number of carboxylic acid groups (broad SMARTS) is 1. The van der Waals surface area contributed by atoms with Crippen LogP contribution in [0.5, 0.6) is 5.75 Å². The molecule has 11 heteroatoms. The van der Waals surface area contributed by atoms with Crippen LogP contribution in [-0.4, -0.2) is 66.7 Å². The highest BCUT2D eigenvalue weighted by atomic mass is 32.2. The lowest BCUT2D eigenvalue weighted by Gasteiger charge is -2.18. The summed E-state index contributed by atoms with van der Waals surface area (Å²) in [4.78, 5) is 28.9. The normalized spacial score (nSPS) is 13.6. The first-order valence-electron chi connectivity index (χ1n) is 12.5. The lowest BCUT2D eigenvalue weighted by Crippen LogP contribution is -2.43. The van der Waals surface area contributed by atoms with E-state index in [0.717, 1.165) is 26.6 Å². The molecule has 1 heterocycles. The Bertz CT molecular complexity index is 1690.